The van der Waals surface area contributed by atoms with Gasteiger partial charge >= 0.3 is 0 Å². The summed E-state index contributed by atoms with van der Waals surface area (Å²) >= 11 is 0. The zero-order chi connectivity index (χ0) is 26.7. The molecule has 4 rings (SSSR count). The van der Waals surface area contributed by atoms with Crippen molar-refractivity contribution in [1.82, 2.24) is 4.90 Å². The Morgan fingerprint density at radius 3 is 2.49 bits per heavy atom. The van der Waals surface area contributed by atoms with Crippen molar-refractivity contribution in [3.63, 3.8) is 0 Å². The fourth-order valence-corrected chi connectivity index (χ4v) is 4.33. The number of aliphatic hydroxyl groups is 1. The Bertz CT molecular complexity index is 1340. The summed E-state index contributed by atoms with van der Waals surface area (Å²) in [6, 6.07) is 11.2. The number of fused-ring (bicyclic) bond motifs is 1. The summed E-state index contributed by atoms with van der Waals surface area (Å²) in [5, 5.41) is 11.6. The average molecular weight is 510 g/mol. The number of furan rings is 1. The van der Waals surface area contributed by atoms with Crippen LogP contribution in [0.3, 0.4) is 0 Å². The van der Waals surface area contributed by atoms with Crippen LogP contribution in [0.1, 0.15) is 36.0 Å². The topological polar surface area (TPSA) is 108 Å². The number of aliphatic hydroxyl groups excluding tert-OH is 1. The summed E-state index contributed by atoms with van der Waals surface area (Å²) in [6.07, 6.45) is 0. The van der Waals surface area contributed by atoms with E-state index in [9.17, 15) is 14.7 Å². The number of para-hydroxylation sites is 1. The smallest absolute Gasteiger partial charge is 0.290 e. The molecule has 0 saturated carbocycles. The molecule has 3 aromatic rings. The van der Waals surface area contributed by atoms with Crippen molar-refractivity contribution in [3.05, 3.63) is 65.1 Å². The third-order valence-corrected chi connectivity index (χ3v) is 6.11. The summed E-state index contributed by atoms with van der Waals surface area (Å²) in [5.41, 5.74) is 0.892. The summed E-state index contributed by atoms with van der Waals surface area (Å²) in [5.74, 6) is -0.184. The van der Waals surface area contributed by atoms with Gasteiger partial charge in [-0.15, -0.1) is 0 Å². The molecule has 1 aliphatic heterocycles. The van der Waals surface area contributed by atoms with Crippen molar-refractivity contribution < 1.29 is 38.1 Å². The van der Waals surface area contributed by atoms with Crippen molar-refractivity contribution >= 4 is 22.7 Å². The lowest BCUT2D eigenvalue weighted by molar-refractivity contribution is -0.130. The van der Waals surface area contributed by atoms with E-state index in [2.05, 4.69) is 0 Å². The van der Waals surface area contributed by atoms with E-state index in [4.69, 9.17) is 23.4 Å². The van der Waals surface area contributed by atoms with E-state index in [0.29, 0.717) is 40.4 Å². The van der Waals surface area contributed by atoms with Gasteiger partial charge in [0.05, 0.1) is 39.0 Å². The number of carbonyl (C=O) groups is 2. The number of rotatable bonds is 11. The van der Waals surface area contributed by atoms with Crippen molar-refractivity contribution in [2.24, 2.45) is 5.92 Å². The highest BCUT2D eigenvalue weighted by molar-refractivity contribution is 6.16. The lowest BCUT2D eigenvalue weighted by Gasteiger charge is -2.27. The summed E-state index contributed by atoms with van der Waals surface area (Å²) in [4.78, 5) is 28.3. The van der Waals surface area contributed by atoms with E-state index in [-0.39, 0.29) is 30.4 Å². The van der Waals surface area contributed by atoms with E-state index in [1.54, 1.807) is 42.5 Å². The molecule has 2 aromatic carbocycles. The molecule has 0 radical (unpaired) electrons. The number of hydrogen-bond acceptors (Lipinski definition) is 8. The van der Waals surface area contributed by atoms with Gasteiger partial charge in [0.25, 0.3) is 5.91 Å². The molecule has 0 fully saturated rings. The molecule has 0 spiro atoms. The number of ether oxygens (including phenoxy) is 4. The summed E-state index contributed by atoms with van der Waals surface area (Å²) in [6.45, 7) is 4.87. The average Bonchev–Trinajstić information content (AvgIpc) is 3.44. The van der Waals surface area contributed by atoms with Gasteiger partial charge in [0.1, 0.15) is 0 Å². The van der Waals surface area contributed by atoms with Crippen LogP contribution < -0.4 is 14.2 Å². The van der Waals surface area contributed by atoms with Crippen LogP contribution >= 0.6 is 0 Å². The predicted octanol–water partition coefficient (Wildman–Crippen LogP) is 4.71. The quantitative estimate of drug-likeness (QED) is 0.370. The highest BCUT2D eigenvalue weighted by atomic mass is 16.5. The first kappa shape index (κ1) is 26.1. The lowest BCUT2D eigenvalue weighted by atomic mass is 9.94. The van der Waals surface area contributed by atoms with E-state index in [0.717, 1.165) is 0 Å². The number of hydrogen-bond donors (Lipinski definition) is 1. The Morgan fingerprint density at radius 1 is 1.05 bits per heavy atom. The van der Waals surface area contributed by atoms with Crippen LogP contribution in [-0.2, 0) is 9.53 Å². The van der Waals surface area contributed by atoms with Gasteiger partial charge in [0, 0.05) is 19.0 Å². The number of amides is 1. The van der Waals surface area contributed by atoms with Gasteiger partial charge in [-0.25, -0.2) is 0 Å². The SMILES string of the molecule is COCCN1C(=O)C(O)=C(C(=O)c2cc3cccc(OC)c3o2)C1c1ccc(OC)c(OCC(C)C)c1. The van der Waals surface area contributed by atoms with E-state index in [1.807, 2.05) is 13.8 Å². The van der Waals surface area contributed by atoms with Gasteiger partial charge in [-0.3, -0.25) is 9.59 Å². The fraction of sp³-hybridized carbons (Fsp3) is 0.357. The molecule has 0 aliphatic carbocycles. The molecule has 196 valence electrons. The molecular weight excluding hydrogens is 478 g/mol. The Morgan fingerprint density at radius 2 is 1.81 bits per heavy atom. The van der Waals surface area contributed by atoms with Crippen LogP contribution in [0, 0.1) is 5.92 Å². The number of methoxy groups -OCH3 is 3. The fourth-order valence-electron chi connectivity index (χ4n) is 4.33. The Balaban J connectivity index is 1.81. The molecule has 2 heterocycles. The molecule has 1 aliphatic rings. The van der Waals surface area contributed by atoms with Gasteiger partial charge in [-0.1, -0.05) is 32.0 Å². The zero-order valence-corrected chi connectivity index (χ0v) is 21.6. The molecule has 9 nitrogen and oxygen atoms in total. The van der Waals surface area contributed by atoms with Crippen molar-refractivity contribution in [2.75, 3.05) is 41.1 Å². The number of nitrogens with zero attached hydrogens (tertiary/aromatic N) is 1. The number of benzene rings is 2. The molecule has 1 amide bonds. The molecular formula is C28H31NO8. The van der Waals surface area contributed by atoms with Crippen LogP contribution in [0.15, 0.2) is 58.2 Å². The maximum Gasteiger partial charge on any atom is 0.290 e. The van der Waals surface area contributed by atoms with Crippen molar-refractivity contribution in [3.8, 4) is 17.2 Å². The van der Waals surface area contributed by atoms with Gasteiger partial charge < -0.3 is 33.4 Å². The third kappa shape index (κ3) is 4.99. The number of Topliss-reactive ketones (excluding diaryl/α,β-unsaturated/α-hetero) is 1. The molecule has 37 heavy (non-hydrogen) atoms. The maximum absolute atomic E-state index is 13.8. The number of ketones is 1. The minimum absolute atomic E-state index is 0.0164. The van der Waals surface area contributed by atoms with Crippen LogP contribution in [0.5, 0.6) is 17.2 Å². The Labute approximate surface area is 215 Å². The Hall–Kier alpha value is -3.98. The second-order valence-corrected chi connectivity index (χ2v) is 9.09. The molecule has 0 bridgehead atoms. The first-order valence-corrected chi connectivity index (χ1v) is 12.0. The van der Waals surface area contributed by atoms with Crippen LogP contribution in [0.4, 0.5) is 0 Å². The van der Waals surface area contributed by atoms with Crippen molar-refractivity contribution in [1.29, 1.82) is 0 Å². The molecule has 1 unspecified atom stereocenters. The van der Waals surface area contributed by atoms with Crippen LogP contribution in [-0.4, -0.2) is 62.8 Å². The minimum atomic E-state index is -0.891. The monoisotopic (exact) mass is 509 g/mol. The molecule has 1 atom stereocenters. The highest BCUT2D eigenvalue weighted by Crippen LogP contribution is 2.42. The second-order valence-electron chi connectivity index (χ2n) is 9.09. The van der Waals surface area contributed by atoms with Gasteiger partial charge in [-0.05, 0) is 35.7 Å². The van der Waals surface area contributed by atoms with E-state index in [1.165, 1.54) is 26.2 Å². The normalized spacial score (nSPS) is 15.7. The largest absolute Gasteiger partial charge is 0.503 e. The lowest BCUT2D eigenvalue weighted by Crippen LogP contribution is -2.34. The molecule has 1 aromatic heterocycles. The highest BCUT2D eigenvalue weighted by Gasteiger charge is 2.44. The minimum Gasteiger partial charge on any atom is -0.503 e. The molecule has 9 heteroatoms. The zero-order valence-electron chi connectivity index (χ0n) is 21.6. The van der Waals surface area contributed by atoms with Gasteiger partial charge in [0.2, 0.25) is 5.78 Å². The van der Waals surface area contributed by atoms with Crippen LogP contribution in [0.25, 0.3) is 11.0 Å². The maximum atomic E-state index is 13.8. The summed E-state index contributed by atoms with van der Waals surface area (Å²) in [7, 11) is 4.56. The third-order valence-electron chi connectivity index (χ3n) is 6.11. The molecule has 1 N–H and O–H groups in total. The predicted molar refractivity (Wildman–Crippen MR) is 136 cm³/mol. The van der Waals surface area contributed by atoms with Crippen LogP contribution in [0.2, 0.25) is 0 Å². The van der Waals surface area contributed by atoms with E-state index >= 15 is 0 Å². The van der Waals surface area contributed by atoms with Gasteiger partial charge in [-0.2, -0.15) is 0 Å². The standard InChI is InChI=1S/C28H31NO8/c1-16(2)15-36-21-13-17(9-10-19(21)34-4)24-23(26(31)28(32)29(24)11-12-33-3)25(30)22-14-18-7-6-8-20(35-5)27(18)37-22/h6-10,13-14,16,24,31H,11-12,15H2,1-5H3. The summed E-state index contributed by atoms with van der Waals surface area (Å²) < 4.78 is 27.8. The van der Waals surface area contributed by atoms with Gasteiger partial charge in [0.15, 0.2) is 34.4 Å². The number of carbonyl (C=O) groups excluding carboxylic acids is 2. The van der Waals surface area contributed by atoms with E-state index < -0.39 is 23.5 Å². The first-order valence-electron chi connectivity index (χ1n) is 12.0. The first-order chi connectivity index (χ1) is 17.8. The van der Waals surface area contributed by atoms with Crippen molar-refractivity contribution in [2.45, 2.75) is 19.9 Å². The molecule has 0 saturated heterocycles. The Kier molecular flexibility index (Phi) is 7.73. The second kappa shape index (κ2) is 11.0.